The predicted octanol–water partition coefficient (Wildman–Crippen LogP) is 3.46. The van der Waals surface area contributed by atoms with E-state index in [1.54, 1.807) is 7.11 Å². The van der Waals surface area contributed by atoms with Crippen LogP contribution >= 0.6 is 0 Å². The lowest BCUT2D eigenvalue weighted by Crippen LogP contribution is -2.26. The zero-order chi connectivity index (χ0) is 14.1. The van der Waals surface area contributed by atoms with E-state index in [0.29, 0.717) is 12.0 Å². The van der Waals surface area contributed by atoms with E-state index in [1.165, 1.54) is 0 Å². The Morgan fingerprint density at radius 1 is 1.32 bits per heavy atom. The summed E-state index contributed by atoms with van der Waals surface area (Å²) in [7, 11) is 1.67. The van der Waals surface area contributed by atoms with Gasteiger partial charge in [-0.1, -0.05) is 13.0 Å². The van der Waals surface area contributed by atoms with E-state index in [0.717, 1.165) is 30.7 Å². The fraction of sp³-hybridized carbons (Fsp3) is 0.500. The van der Waals surface area contributed by atoms with Gasteiger partial charge in [0.15, 0.2) is 0 Å². The second-order valence-corrected chi connectivity index (χ2v) is 4.79. The average molecular weight is 263 g/mol. The number of nitrogens with one attached hydrogen (secondary N) is 1. The Morgan fingerprint density at radius 2 is 2.00 bits per heavy atom. The molecule has 3 heteroatoms. The molecule has 0 aliphatic rings. The Labute approximate surface area is 116 Å². The van der Waals surface area contributed by atoms with Crippen molar-refractivity contribution in [1.82, 2.24) is 0 Å². The van der Waals surface area contributed by atoms with E-state index < -0.39 is 0 Å². The number of hydrogen-bond donors (Lipinski definition) is 2. The lowest BCUT2D eigenvalue weighted by Gasteiger charge is -2.24. The van der Waals surface area contributed by atoms with Crippen molar-refractivity contribution in [3.63, 3.8) is 0 Å². The Bertz CT molecular complexity index is 362. The second kappa shape index (κ2) is 8.59. The smallest absolute Gasteiger partial charge is 0.119 e. The average Bonchev–Trinajstić information content (AvgIpc) is 2.46. The van der Waals surface area contributed by atoms with Crippen molar-refractivity contribution >= 4 is 5.69 Å². The molecule has 0 aliphatic carbocycles. The van der Waals surface area contributed by atoms with E-state index in [2.05, 4.69) is 18.8 Å². The van der Waals surface area contributed by atoms with Crippen molar-refractivity contribution in [2.45, 2.75) is 32.2 Å². The van der Waals surface area contributed by atoms with E-state index in [-0.39, 0.29) is 6.61 Å². The predicted molar refractivity (Wildman–Crippen MR) is 80.7 cm³/mol. The van der Waals surface area contributed by atoms with Gasteiger partial charge in [0.1, 0.15) is 5.75 Å². The highest BCUT2D eigenvalue weighted by Crippen LogP contribution is 2.20. The maximum Gasteiger partial charge on any atom is 0.119 e. The molecule has 0 bridgehead atoms. The molecule has 0 aromatic heterocycles. The van der Waals surface area contributed by atoms with Crippen molar-refractivity contribution in [2.75, 3.05) is 19.0 Å². The minimum Gasteiger partial charge on any atom is -0.497 e. The number of rotatable bonds is 9. The molecule has 0 fully saturated rings. The quantitative estimate of drug-likeness (QED) is 0.529. The van der Waals surface area contributed by atoms with Crippen LogP contribution in [-0.2, 0) is 0 Å². The Morgan fingerprint density at radius 3 is 2.53 bits per heavy atom. The molecular weight excluding hydrogens is 238 g/mol. The first-order valence-electron chi connectivity index (χ1n) is 6.85. The van der Waals surface area contributed by atoms with Crippen molar-refractivity contribution in [3.05, 3.63) is 36.9 Å². The maximum absolute atomic E-state index is 8.87. The summed E-state index contributed by atoms with van der Waals surface area (Å²) in [5.74, 6) is 1.25. The largest absolute Gasteiger partial charge is 0.497 e. The first-order chi connectivity index (χ1) is 9.21. The van der Waals surface area contributed by atoms with Crippen molar-refractivity contribution in [1.29, 1.82) is 0 Å². The van der Waals surface area contributed by atoms with E-state index in [4.69, 9.17) is 9.84 Å². The van der Waals surface area contributed by atoms with E-state index in [9.17, 15) is 0 Å². The lowest BCUT2D eigenvalue weighted by atomic mass is 9.96. The third-order valence-electron chi connectivity index (χ3n) is 3.37. The van der Waals surface area contributed by atoms with Gasteiger partial charge in [-0.25, -0.2) is 0 Å². The zero-order valence-corrected chi connectivity index (χ0v) is 11.9. The van der Waals surface area contributed by atoms with Gasteiger partial charge in [-0.15, -0.1) is 6.58 Å². The van der Waals surface area contributed by atoms with E-state index >= 15 is 0 Å². The third kappa shape index (κ3) is 5.35. The van der Waals surface area contributed by atoms with Crippen LogP contribution in [0.1, 0.15) is 26.2 Å². The van der Waals surface area contributed by atoms with Crippen LogP contribution in [0.25, 0.3) is 0 Å². The first-order valence-corrected chi connectivity index (χ1v) is 6.85. The summed E-state index contributed by atoms with van der Waals surface area (Å²) >= 11 is 0. The van der Waals surface area contributed by atoms with Gasteiger partial charge in [0.2, 0.25) is 0 Å². The molecule has 1 aromatic rings. The molecule has 1 rings (SSSR count). The van der Waals surface area contributed by atoms with Crippen LogP contribution in [0.15, 0.2) is 36.9 Å². The number of anilines is 1. The van der Waals surface area contributed by atoms with Gasteiger partial charge in [0.05, 0.1) is 7.11 Å². The summed E-state index contributed by atoms with van der Waals surface area (Å²) in [6, 6.07) is 8.29. The fourth-order valence-corrected chi connectivity index (χ4v) is 2.01. The summed E-state index contributed by atoms with van der Waals surface area (Å²) in [4.78, 5) is 0. The van der Waals surface area contributed by atoms with Gasteiger partial charge in [0, 0.05) is 18.3 Å². The minimum atomic E-state index is 0.262. The van der Waals surface area contributed by atoms with E-state index in [1.807, 2.05) is 30.3 Å². The molecule has 0 saturated carbocycles. The molecule has 19 heavy (non-hydrogen) atoms. The molecular formula is C16H25NO2. The zero-order valence-electron chi connectivity index (χ0n) is 11.9. The third-order valence-corrected chi connectivity index (χ3v) is 3.37. The molecule has 1 aromatic carbocycles. The van der Waals surface area contributed by atoms with Crippen LogP contribution in [0.5, 0.6) is 5.75 Å². The van der Waals surface area contributed by atoms with Gasteiger partial charge in [0.25, 0.3) is 0 Å². The van der Waals surface area contributed by atoms with Gasteiger partial charge in [-0.05, 0) is 49.4 Å². The van der Waals surface area contributed by atoms with Crippen LogP contribution in [0.4, 0.5) is 5.69 Å². The highest BCUT2D eigenvalue weighted by atomic mass is 16.5. The topological polar surface area (TPSA) is 41.5 Å². The molecule has 0 saturated heterocycles. The van der Waals surface area contributed by atoms with Crippen LogP contribution in [-0.4, -0.2) is 24.9 Å². The maximum atomic E-state index is 8.87. The standard InChI is InChI=1S/C16H25NO2/c1-4-13(2)16(7-5-6-12-18)17-14-8-10-15(19-3)11-9-14/h4,8-11,13,16-18H,1,5-7,12H2,2-3H3/t13-,16?/m0/s1. The lowest BCUT2D eigenvalue weighted by molar-refractivity contribution is 0.280. The molecule has 2 N–H and O–H groups in total. The first kappa shape index (κ1) is 15.6. The van der Waals surface area contributed by atoms with Crippen LogP contribution in [0, 0.1) is 5.92 Å². The fourth-order valence-electron chi connectivity index (χ4n) is 2.01. The van der Waals surface area contributed by atoms with Gasteiger partial charge < -0.3 is 15.2 Å². The van der Waals surface area contributed by atoms with Crippen molar-refractivity contribution in [3.8, 4) is 5.75 Å². The SMILES string of the molecule is C=C[C@H](C)C(CCCCO)Nc1ccc(OC)cc1. The molecule has 0 amide bonds. The monoisotopic (exact) mass is 263 g/mol. The van der Waals surface area contributed by atoms with Crippen LogP contribution < -0.4 is 10.1 Å². The molecule has 1 unspecified atom stereocenters. The summed E-state index contributed by atoms with van der Waals surface area (Å²) in [5.41, 5.74) is 1.09. The number of methoxy groups -OCH3 is 1. The number of benzene rings is 1. The minimum absolute atomic E-state index is 0.262. The van der Waals surface area contributed by atoms with Crippen molar-refractivity contribution in [2.24, 2.45) is 5.92 Å². The normalized spacial score (nSPS) is 13.6. The van der Waals surface area contributed by atoms with Gasteiger partial charge in [-0.2, -0.15) is 0 Å². The van der Waals surface area contributed by atoms with Gasteiger partial charge >= 0.3 is 0 Å². The molecule has 0 radical (unpaired) electrons. The summed E-state index contributed by atoms with van der Waals surface area (Å²) in [5, 5.41) is 12.4. The molecule has 3 nitrogen and oxygen atoms in total. The molecule has 0 spiro atoms. The highest BCUT2D eigenvalue weighted by molar-refractivity contribution is 5.47. The molecule has 0 aliphatic heterocycles. The van der Waals surface area contributed by atoms with Gasteiger partial charge in [-0.3, -0.25) is 0 Å². The highest BCUT2D eigenvalue weighted by Gasteiger charge is 2.14. The summed E-state index contributed by atoms with van der Waals surface area (Å²) in [6.07, 6.45) is 4.87. The number of aliphatic hydroxyl groups excluding tert-OH is 1. The summed E-state index contributed by atoms with van der Waals surface area (Å²) < 4.78 is 5.15. The van der Waals surface area contributed by atoms with Crippen LogP contribution in [0.3, 0.4) is 0 Å². The summed E-state index contributed by atoms with van der Waals surface area (Å²) in [6.45, 7) is 6.29. The molecule has 106 valence electrons. The number of hydrogen-bond acceptors (Lipinski definition) is 3. The van der Waals surface area contributed by atoms with Crippen LogP contribution in [0.2, 0.25) is 0 Å². The molecule has 0 heterocycles. The Kier molecular flexibility index (Phi) is 7.04. The number of unbranched alkanes of at least 4 members (excludes halogenated alkanes) is 1. The number of ether oxygens (including phenoxy) is 1. The van der Waals surface area contributed by atoms with Crippen molar-refractivity contribution < 1.29 is 9.84 Å². The number of aliphatic hydroxyl groups is 1. The molecule has 2 atom stereocenters. The second-order valence-electron chi connectivity index (χ2n) is 4.79. The Balaban J connectivity index is 2.61. The Hall–Kier alpha value is -1.48.